The van der Waals surface area contributed by atoms with Crippen molar-refractivity contribution in [2.75, 3.05) is 0 Å². The number of carbonyl (C=O) groups excluding carboxylic acids is 1. The van der Waals surface area contributed by atoms with E-state index in [1.807, 2.05) is 44.2 Å². The van der Waals surface area contributed by atoms with E-state index < -0.39 is 0 Å². The van der Waals surface area contributed by atoms with E-state index in [-0.39, 0.29) is 11.7 Å². The van der Waals surface area contributed by atoms with Crippen LogP contribution in [0.2, 0.25) is 0 Å². The third-order valence-corrected chi connectivity index (χ3v) is 4.07. The monoisotopic (exact) mass is 257 g/mol. The highest BCUT2D eigenvalue weighted by molar-refractivity contribution is 5.72. The van der Waals surface area contributed by atoms with Gasteiger partial charge in [-0.2, -0.15) is 0 Å². The minimum atomic E-state index is -0.382. The van der Waals surface area contributed by atoms with Crippen molar-refractivity contribution in [2.45, 2.75) is 38.8 Å². The number of nitrogens with zero attached hydrogens (tertiary/aromatic N) is 1. The normalized spacial score (nSPS) is 24.7. The highest BCUT2D eigenvalue weighted by atomic mass is 16.6. The van der Waals surface area contributed by atoms with Crippen molar-refractivity contribution < 1.29 is 9.53 Å². The molecule has 3 rings (SSSR count). The number of fused-ring (bicyclic) bond motifs is 1. The summed E-state index contributed by atoms with van der Waals surface area (Å²) in [6, 6.07) is 10.1. The van der Waals surface area contributed by atoms with Crippen molar-refractivity contribution in [3.8, 4) is 0 Å². The van der Waals surface area contributed by atoms with Crippen molar-refractivity contribution in [2.24, 2.45) is 5.92 Å². The van der Waals surface area contributed by atoms with Gasteiger partial charge in [-0.1, -0.05) is 36.4 Å². The second-order valence-electron chi connectivity index (χ2n) is 5.80. The lowest BCUT2D eigenvalue weighted by Gasteiger charge is -2.43. The number of rotatable bonds is 2. The number of cyclic esters (lactones) is 1. The standard InChI is InChI=1S/C16H19NO2/c1-16(2)13-9-6-10-14(13)17(15(18)19-16)11-12-7-4-3-5-8-12/h3-5,7-8,10,13H,6,9,11H2,1-2H3. The van der Waals surface area contributed by atoms with Crippen LogP contribution in [0.4, 0.5) is 4.79 Å². The largest absolute Gasteiger partial charge is 0.442 e. The summed E-state index contributed by atoms with van der Waals surface area (Å²) in [5, 5.41) is 0. The topological polar surface area (TPSA) is 29.5 Å². The molecule has 1 amide bonds. The first-order valence-electron chi connectivity index (χ1n) is 6.82. The van der Waals surface area contributed by atoms with Crippen LogP contribution in [0.25, 0.3) is 0 Å². The van der Waals surface area contributed by atoms with Crippen molar-refractivity contribution in [3.05, 3.63) is 47.7 Å². The van der Waals surface area contributed by atoms with Crippen LogP contribution >= 0.6 is 0 Å². The molecule has 0 saturated carbocycles. The van der Waals surface area contributed by atoms with E-state index in [9.17, 15) is 4.79 Å². The summed E-state index contributed by atoms with van der Waals surface area (Å²) in [6.07, 6.45) is 4.07. The molecule has 100 valence electrons. The van der Waals surface area contributed by atoms with Gasteiger partial charge in [-0.25, -0.2) is 4.79 Å². The maximum Gasteiger partial charge on any atom is 0.414 e. The molecule has 0 spiro atoms. The van der Waals surface area contributed by atoms with E-state index in [0.717, 1.165) is 24.1 Å². The Hall–Kier alpha value is -1.77. The number of hydrogen-bond donors (Lipinski definition) is 0. The Labute approximate surface area is 113 Å². The van der Waals surface area contributed by atoms with Gasteiger partial charge in [-0.05, 0) is 32.3 Å². The summed E-state index contributed by atoms with van der Waals surface area (Å²) < 4.78 is 5.62. The number of hydrogen-bond acceptors (Lipinski definition) is 2. The molecule has 3 nitrogen and oxygen atoms in total. The number of carbonyl (C=O) groups is 1. The zero-order valence-electron chi connectivity index (χ0n) is 11.4. The van der Waals surface area contributed by atoms with Gasteiger partial charge in [0.15, 0.2) is 0 Å². The fraction of sp³-hybridized carbons (Fsp3) is 0.438. The summed E-state index contributed by atoms with van der Waals surface area (Å²) in [4.78, 5) is 14.0. The van der Waals surface area contributed by atoms with Crippen LogP contribution in [-0.2, 0) is 11.3 Å². The van der Waals surface area contributed by atoms with E-state index in [0.29, 0.717) is 12.5 Å². The molecule has 1 aromatic carbocycles. The zero-order chi connectivity index (χ0) is 13.5. The lowest BCUT2D eigenvalue weighted by Crippen LogP contribution is -2.50. The molecule has 1 aliphatic heterocycles. The van der Waals surface area contributed by atoms with Gasteiger partial charge in [0.25, 0.3) is 0 Å². The third kappa shape index (κ3) is 2.14. The van der Waals surface area contributed by atoms with Crippen LogP contribution in [0, 0.1) is 5.92 Å². The van der Waals surface area contributed by atoms with Crippen molar-refractivity contribution in [1.82, 2.24) is 4.90 Å². The number of amides is 1. The maximum atomic E-state index is 12.2. The molecule has 1 saturated heterocycles. The van der Waals surface area contributed by atoms with Gasteiger partial charge in [0, 0.05) is 11.6 Å². The molecule has 1 unspecified atom stereocenters. The van der Waals surface area contributed by atoms with Crippen LogP contribution in [-0.4, -0.2) is 16.6 Å². The first kappa shape index (κ1) is 12.3. The molecule has 0 radical (unpaired) electrons. The quantitative estimate of drug-likeness (QED) is 0.808. The Morgan fingerprint density at radius 3 is 2.79 bits per heavy atom. The fourth-order valence-corrected chi connectivity index (χ4v) is 3.07. The Bertz CT molecular complexity index is 519. The Kier molecular flexibility index (Phi) is 2.85. The Morgan fingerprint density at radius 2 is 2.05 bits per heavy atom. The molecule has 0 N–H and O–H groups in total. The van der Waals surface area contributed by atoms with Gasteiger partial charge >= 0.3 is 6.09 Å². The van der Waals surface area contributed by atoms with Crippen molar-refractivity contribution in [3.63, 3.8) is 0 Å². The number of allylic oxidation sites excluding steroid dienone is 1. The molecular formula is C16H19NO2. The molecule has 2 aliphatic rings. The predicted octanol–water partition coefficient (Wildman–Crippen LogP) is 3.71. The Morgan fingerprint density at radius 1 is 1.32 bits per heavy atom. The van der Waals surface area contributed by atoms with Gasteiger partial charge in [0.05, 0.1) is 6.54 Å². The highest BCUT2D eigenvalue weighted by Crippen LogP contribution is 2.43. The van der Waals surface area contributed by atoms with Crippen molar-refractivity contribution in [1.29, 1.82) is 0 Å². The minimum Gasteiger partial charge on any atom is -0.442 e. The van der Waals surface area contributed by atoms with E-state index in [1.165, 1.54) is 0 Å². The van der Waals surface area contributed by atoms with Gasteiger partial charge in [-0.15, -0.1) is 0 Å². The summed E-state index contributed by atoms with van der Waals surface area (Å²) in [6.45, 7) is 4.61. The summed E-state index contributed by atoms with van der Waals surface area (Å²) in [5.74, 6) is 0.328. The summed E-state index contributed by atoms with van der Waals surface area (Å²) in [5.41, 5.74) is 1.89. The molecule has 1 heterocycles. The smallest absolute Gasteiger partial charge is 0.414 e. The molecular weight excluding hydrogens is 238 g/mol. The first-order valence-corrected chi connectivity index (χ1v) is 6.82. The van der Waals surface area contributed by atoms with E-state index in [1.54, 1.807) is 4.90 Å². The average molecular weight is 257 g/mol. The second-order valence-corrected chi connectivity index (χ2v) is 5.80. The van der Waals surface area contributed by atoms with E-state index >= 15 is 0 Å². The van der Waals surface area contributed by atoms with E-state index in [4.69, 9.17) is 4.74 Å². The molecule has 1 aromatic rings. The van der Waals surface area contributed by atoms with Gasteiger partial charge in [0.1, 0.15) is 5.60 Å². The highest BCUT2D eigenvalue weighted by Gasteiger charge is 2.46. The second kappa shape index (κ2) is 4.41. The molecule has 1 fully saturated rings. The SMILES string of the molecule is CC1(C)OC(=O)N(Cc2ccccc2)C2=CCCC21. The van der Waals surface area contributed by atoms with E-state index in [2.05, 4.69) is 6.08 Å². The molecule has 0 aromatic heterocycles. The maximum absolute atomic E-state index is 12.2. The molecule has 1 atom stereocenters. The number of ether oxygens (including phenoxy) is 1. The van der Waals surface area contributed by atoms with Gasteiger partial charge in [0.2, 0.25) is 0 Å². The van der Waals surface area contributed by atoms with Crippen LogP contribution in [0.3, 0.4) is 0 Å². The molecule has 19 heavy (non-hydrogen) atoms. The molecule has 0 bridgehead atoms. The first-order chi connectivity index (χ1) is 9.08. The summed E-state index contributed by atoms with van der Waals surface area (Å²) in [7, 11) is 0. The number of benzene rings is 1. The van der Waals surface area contributed by atoms with Crippen LogP contribution in [0.5, 0.6) is 0 Å². The summed E-state index contributed by atoms with van der Waals surface area (Å²) >= 11 is 0. The lowest BCUT2D eigenvalue weighted by atomic mass is 9.86. The minimum absolute atomic E-state index is 0.224. The average Bonchev–Trinajstić information content (AvgIpc) is 2.85. The van der Waals surface area contributed by atoms with Crippen LogP contribution in [0.1, 0.15) is 32.3 Å². The van der Waals surface area contributed by atoms with Gasteiger partial charge < -0.3 is 4.74 Å². The van der Waals surface area contributed by atoms with Crippen molar-refractivity contribution >= 4 is 6.09 Å². The third-order valence-electron chi connectivity index (χ3n) is 4.07. The molecule has 3 heteroatoms. The Balaban J connectivity index is 1.87. The zero-order valence-corrected chi connectivity index (χ0v) is 11.4. The predicted molar refractivity (Wildman–Crippen MR) is 73.4 cm³/mol. The molecule has 1 aliphatic carbocycles. The fourth-order valence-electron chi connectivity index (χ4n) is 3.07. The van der Waals surface area contributed by atoms with Gasteiger partial charge in [-0.3, -0.25) is 4.90 Å². The van der Waals surface area contributed by atoms with Crippen LogP contribution in [0.15, 0.2) is 42.1 Å². The lowest BCUT2D eigenvalue weighted by molar-refractivity contribution is -0.0442. The van der Waals surface area contributed by atoms with Crippen LogP contribution < -0.4 is 0 Å².